The van der Waals surface area contributed by atoms with E-state index in [1.54, 1.807) is 0 Å². The molecular weight excluding hydrogens is 207 g/mol. The number of benzene rings is 1. The van der Waals surface area contributed by atoms with Crippen molar-refractivity contribution in [2.45, 2.75) is 0 Å². The van der Waals surface area contributed by atoms with Gasteiger partial charge in [0.15, 0.2) is 0 Å². The molecule has 2 rings (SSSR count). The molecule has 0 fully saturated rings. The molecule has 2 aromatic rings. The van der Waals surface area contributed by atoms with Gasteiger partial charge in [-0.2, -0.15) is 0 Å². The SMILES string of the molecule is ClCCl.Nc1cccc2[nH]ccc12. The Morgan fingerprint density at radius 3 is 2.54 bits per heavy atom. The predicted molar refractivity (Wildman–Crippen MR) is 59.3 cm³/mol. The summed E-state index contributed by atoms with van der Waals surface area (Å²) in [4.78, 5) is 3.08. The van der Waals surface area contributed by atoms with Crippen LogP contribution in [-0.4, -0.2) is 10.3 Å². The summed E-state index contributed by atoms with van der Waals surface area (Å²) >= 11 is 9.53. The number of aromatic amines is 1. The summed E-state index contributed by atoms with van der Waals surface area (Å²) in [6.45, 7) is 0. The third-order valence-electron chi connectivity index (χ3n) is 1.63. The summed E-state index contributed by atoms with van der Waals surface area (Å²) in [6.07, 6.45) is 1.89. The highest BCUT2D eigenvalue weighted by Crippen LogP contribution is 2.18. The Bertz CT molecular complexity index is 370. The second-order valence-electron chi connectivity index (χ2n) is 2.39. The maximum atomic E-state index is 5.68. The van der Waals surface area contributed by atoms with Crippen LogP contribution < -0.4 is 5.73 Å². The van der Waals surface area contributed by atoms with Crippen molar-refractivity contribution in [3.05, 3.63) is 30.5 Å². The third kappa shape index (κ3) is 2.54. The lowest BCUT2D eigenvalue weighted by molar-refractivity contribution is 1.48. The molecule has 0 saturated heterocycles. The second-order valence-corrected chi connectivity index (χ2v) is 3.20. The van der Waals surface area contributed by atoms with Crippen LogP contribution in [0.15, 0.2) is 30.5 Å². The van der Waals surface area contributed by atoms with Gasteiger partial charge >= 0.3 is 0 Å². The van der Waals surface area contributed by atoms with Crippen molar-refractivity contribution in [1.29, 1.82) is 0 Å². The lowest BCUT2D eigenvalue weighted by Crippen LogP contribution is -1.82. The number of hydrogen-bond acceptors (Lipinski definition) is 1. The first-order valence-electron chi connectivity index (χ1n) is 3.73. The number of halogens is 2. The summed E-state index contributed by atoms with van der Waals surface area (Å²) in [5.74, 6) is 0. The maximum Gasteiger partial charge on any atom is 0.0967 e. The average Bonchev–Trinajstić information content (AvgIpc) is 2.54. The van der Waals surface area contributed by atoms with Gasteiger partial charge in [0, 0.05) is 22.8 Å². The second kappa shape index (κ2) is 5.00. The zero-order valence-electron chi connectivity index (χ0n) is 6.93. The fraction of sp³-hybridized carbons (Fsp3) is 0.111. The van der Waals surface area contributed by atoms with E-state index in [0.29, 0.717) is 0 Å². The molecule has 0 aliphatic carbocycles. The molecule has 0 unspecified atom stereocenters. The Hall–Kier alpha value is -0.860. The first-order chi connectivity index (χ1) is 6.29. The van der Waals surface area contributed by atoms with Crippen LogP contribution >= 0.6 is 23.2 Å². The highest BCUT2D eigenvalue weighted by molar-refractivity contribution is 6.40. The number of aromatic nitrogens is 1. The van der Waals surface area contributed by atoms with Crippen LogP contribution in [0.5, 0.6) is 0 Å². The van der Waals surface area contributed by atoms with Crippen LogP contribution in [0.3, 0.4) is 0 Å². The number of nitrogens with two attached hydrogens (primary N) is 1. The maximum absolute atomic E-state index is 5.68. The van der Waals surface area contributed by atoms with E-state index in [9.17, 15) is 0 Å². The van der Waals surface area contributed by atoms with E-state index in [1.165, 1.54) is 0 Å². The van der Waals surface area contributed by atoms with E-state index in [0.717, 1.165) is 16.6 Å². The fourth-order valence-electron chi connectivity index (χ4n) is 1.11. The monoisotopic (exact) mass is 216 g/mol. The Morgan fingerprint density at radius 1 is 1.23 bits per heavy atom. The van der Waals surface area contributed by atoms with Crippen molar-refractivity contribution in [2.75, 3.05) is 11.1 Å². The van der Waals surface area contributed by atoms with Crippen molar-refractivity contribution < 1.29 is 0 Å². The van der Waals surface area contributed by atoms with Crippen molar-refractivity contribution in [1.82, 2.24) is 4.98 Å². The molecule has 1 aromatic carbocycles. The Balaban J connectivity index is 0.000000251. The molecular formula is C9H10Cl2N2. The smallest absolute Gasteiger partial charge is 0.0967 e. The Kier molecular flexibility index (Phi) is 3.93. The molecule has 0 amide bonds. The number of alkyl halides is 2. The van der Waals surface area contributed by atoms with E-state index < -0.39 is 0 Å². The standard InChI is InChI=1S/C8H8N2.CH2Cl2/c9-7-2-1-3-8-6(7)4-5-10-8;2-1-3/h1-5,10H,9H2;1H2. The van der Waals surface area contributed by atoms with Crippen LogP contribution in [0.1, 0.15) is 0 Å². The van der Waals surface area contributed by atoms with Crippen LogP contribution in [0.4, 0.5) is 5.69 Å². The lowest BCUT2D eigenvalue weighted by Gasteiger charge is -1.92. The van der Waals surface area contributed by atoms with Crippen LogP contribution in [0.25, 0.3) is 10.9 Å². The predicted octanol–water partition coefficient (Wildman–Crippen LogP) is 3.17. The summed E-state index contributed by atoms with van der Waals surface area (Å²) in [6, 6.07) is 7.82. The number of H-pyrrole nitrogens is 1. The van der Waals surface area contributed by atoms with E-state index in [4.69, 9.17) is 28.9 Å². The highest BCUT2D eigenvalue weighted by atomic mass is 35.5. The molecule has 13 heavy (non-hydrogen) atoms. The summed E-state index contributed by atoms with van der Waals surface area (Å²) < 4.78 is 0. The van der Waals surface area contributed by atoms with Gasteiger partial charge in [0.05, 0.1) is 5.34 Å². The molecule has 0 spiro atoms. The van der Waals surface area contributed by atoms with Gasteiger partial charge in [0.1, 0.15) is 0 Å². The number of hydrogen-bond donors (Lipinski definition) is 2. The minimum Gasteiger partial charge on any atom is -0.398 e. The van der Waals surface area contributed by atoms with Crippen LogP contribution in [-0.2, 0) is 0 Å². The van der Waals surface area contributed by atoms with E-state index in [1.807, 2.05) is 30.5 Å². The van der Waals surface area contributed by atoms with Gasteiger partial charge < -0.3 is 10.7 Å². The molecule has 0 saturated carbocycles. The van der Waals surface area contributed by atoms with Crippen molar-refractivity contribution in [2.24, 2.45) is 0 Å². The average molecular weight is 217 g/mol. The molecule has 0 radical (unpaired) electrons. The van der Waals surface area contributed by atoms with Gasteiger partial charge in [0.2, 0.25) is 0 Å². The zero-order valence-corrected chi connectivity index (χ0v) is 8.44. The quantitative estimate of drug-likeness (QED) is 0.516. The topological polar surface area (TPSA) is 41.8 Å². The van der Waals surface area contributed by atoms with Crippen molar-refractivity contribution in [3.63, 3.8) is 0 Å². The Morgan fingerprint density at radius 2 is 1.92 bits per heavy atom. The lowest BCUT2D eigenvalue weighted by atomic mass is 10.2. The van der Waals surface area contributed by atoms with Crippen LogP contribution in [0.2, 0.25) is 0 Å². The molecule has 3 N–H and O–H groups in total. The van der Waals surface area contributed by atoms with Crippen molar-refractivity contribution in [3.8, 4) is 0 Å². The van der Waals surface area contributed by atoms with E-state index in [-0.39, 0.29) is 5.34 Å². The van der Waals surface area contributed by atoms with E-state index in [2.05, 4.69) is 4.98 Å². The molecule has 2 nitrogen and oxygen atoms in total. The van der Waals surface area contributed by atoms with Gasteiger partial charge in [-0.25, -0.2) is 0 Å². The van der Waals surface area contributed by atoms with Crippen LogP contribution in [0, 0.1) is 0 Å². The minimum atomic E-state index is 0.194. The number of fused-ring (bicyclic) bond motifs is 1. The van der Waals surface area contributed by atoms with Gasteiger partial charge in [-0.1, -0.05) is 6.07 Å². The largest absolute Gasteiger partial charge is 0.398 e. The first-order valence-corrected chi connectivity index (χ1v) is 4.80. The molecule has 70 valence electrons. The van der Waals surface area contributed by atoms with Gasteiger partial charge in [-0.05, 0) is 18.2 Å². The number of nitrogen functional groups attached to an aromatic ring is 1. The molecule has 0 atom stereocenters. The molecule has 1 aromatic heterocycles. The highest BCUT2D eigenvalue weighted by Gasteiger charge is 1.94. The molecule has 4 heteroatoms. The molecule has 1 heterocycles. The summed E-state index contributed by atoms with van der Waals surface area (Å²) in [5, 5.41) is 1.29. The number of anilines is 1. The third-order valence-corrected chi connectivity index (χ3v) is 1.63. The Labute approximate surface area is 86.6 Å². The normalized spacial score (nSPS) is 9.38. The minimum absolute atomic E-state index is 0.194. The number of nitrogens with one attached hydrogen (secondary N) is 1. The van der Waals surface area contributed by atoms with E-state index >= 15 is 0 Å². The number of rotatable bonds is 0. The molecule has 0 aliphatic rings. The zero-order chi connectivity index (χ0) is 9.68. The summed E-state index contributed by atoms with van der Waals surface area (Å²) in [7, 11) is 0. The first kappa shape index (κ1) is 10.2. The van der Waals surface area contributed by atoms with Gasteiger partial charge in [0.25, 0.3) is 0 Å². The van der Waals surface area contributed by atoms with Gasteiger partial charge in [-0.15, -0.1) is 23.2 Å². The van der Waals surface area contributed by atoms with Gasteiger partial charge in [-0.3, -0.25) is 0 Å². The van der Waals surface area contributed by atoms with Crippen molar-refractivity contribution >= 4 is 39.8 Å². The molecule has 0 aliphatic heterocycles. The molecule has 0 bridgehead atoms. The summed E-state index contributed by atoms with van der Waals surface area (Å²) in [5.41, 5.74) is 7.61. The fourth-order valence-corrected chi connectivity index (χ4v) is 1.11.